The number of aromatic amines is 1. The van der Waals surface area contributed by atoms with Crippen molar-refractivity contribution in [2.75, 3.05) is 12.3 Å². The number of aromatic nitrogens is 4. The van der Waals surface area contributed by atoms with Gasteiger partial charge >= 0.3 is 0 Å². The van der Waals surface area contributed by atoms with Gasteiger partial charge in [-0.05, 0) is 0 Å². The molecule has 3 rings (SSSR count). The van der Waals surface area contributed by atoms with E-state index in [1.807, 2.05) is 0 Å². The van der Waals surface area contributed by atoms with Crippen molar-refractivity contribution in [3.8, 4) is 0 Å². The van der Waals surface area contributed by atoms with E-state index >= 15 is 0 Å². The molecule has 0 radical (unpaired) electrons. The molecule has 0 aliphatic carbocycles. The second-order valence-electron chi connectivity index (χ2n) is 6.12. The van der Waals surface area contributed by atoms with Crippen LogP contribution in [-0.4, -0.2) is 54.7 Å². The summed E-state index contributed by atoms with van der Waals surface area (Å²) in [6, 6.07) is 0. The molecule has 1 saturated heterocycles. The first kappa shape index (κ1) is 36.4. The van der Waals surface area contributed by atoms with E-state index in [9.17, 15) is 48.3 Å². The van der Waals surface area contributed by atoms with Crippen molar-refractivity contribution in [2.45, 2.75) is 24.5 Å². The highest BCUT2D eigenvalue weighted by Crippen LogP contribution is 2.60. The number of imidazole rings is 1. The minimum Gasteiger partial charge on any atom is -0.790 e. The standard InChI is InChI=1S/C10H16N5O14P3.4H3N/c11-10-13-7-4(8(18)14-10)12-2-15(7)9-6(17)5(16)3(27-9)1-26-31(22,23)29-32(24,25)28-30(19,20)21;;;;/h2-3,5-6,9,16-17H,1H2,(H,22,23)(H,24,25)(H2,19,20,21)(H3,11,13,14,18);4*1H3/t3-,5+,6?,9-;;;;/m1..../s1/i11+1,12+1,13+1,14+1,15+1;;;;. The Kier molecular flexibility index (Phi) is 12.8. The number of nitrogens with zero attached hydrogens (tertiary/aromatic N) is 3. The van der Waals surface area contributed by atoms with Crippen molar-refractivity contribution in [1.29, 1.82) is 0 Å². The zero-order valence-corrected chi connectivity index (χ0v) is 21.8. The van der Waals surface area contributed by atoms with Gasteiger partial charge in [0.15, 0.2) is 17.4 Å². The lowest BCUT2D eigenvalue weighted by Crippen LogP contribution is -2.34. The van der Waals surface area contributed by atoms with Gasteiger partial charge in [-0.25, -0.2) is 9.29 Å². The molecule has 212 valence electrons. The number of anilines is 1. The van der Waals surface area contributed by atoms with Crippen molar-refractivity contribution in [2.24, 2.45) is 0 Å². The topological polar surface area (TPSA) is 456 Å². The van der Waals surface area contributed by atoms with Gasteiger partial charge < -0.3 is 73.9 Å². The number of phosphoric acid groups is 3. The SMILES string of the molecule is [15NH2]c1[15n]c2c([15n]c[15n]2[C@@H]2O[C@H](COP(=O)([O-])OP(=O)([O-])OP(=O)([O-])[O-])[C@H](O)C2O)c(=O)[15nH]1.[NH4+].[NH4+].[NH4+].[NH4+]. The highest BCUT2D eigenvalue weighted by Gasteiger charge is 2.45. The molecule has 0 saturated carbocycles. The average molecular weight is 596 g/mol. The minimum atomic E-state index is -6.17. The van der Waals surface area contributed by atoms with E-state index in [1.165, 1.54) is 0 Å². The molecule has 0 aromatic carbocycles. The molecule has 1 aliphatic heterocycles. The summed E-state index contributed by atoms with van der Waals surface area (Å²) in [6.45, 7) is -1.13. The number of ether oxygens (including phenoxy) is 1. The maximum atomic E-state index is 11.8. The van der Waals surface area contributed by atoms with Crippen LogP contribution in [0.15, 0.2) is 11.1 Å². The predicted molar refractivity (Wildman–Crippen MR) is 113 cm³/mol. The summed E-state index contributed by atoms with van der Waals surface area (Å²) in [4.78, 5) is 65.0. The third kappa shape index (κ3) is 8.41. The first-order chi connectivity index (χ1) is 14.6. The van der Waals surface area contributed by atoms with Crippen molar-refractivity contribution in [3.63, 3.8) is 0 Å². The summed E-state index contributed by atoms with van der Waals surface area (Å²) in [7, 11) is -18.2. The fourth-order valence-corrected chi connectivity index (χ4v) is 5.54. The Bertz CT molecular complexity index is 1220. The van der Waals surface area contributed by atoms with Gasteiger partial charge in [0.25, 0.3) is 21.2 Å². The molecule has 2 aromatic rings. The number of quaternary nitrogens is 4. The van der Waals surface area contributed by atoms with Crippen molar-refractivity contribution < 1.29 is 61.4 Å². The highest BCUT2D eigenvalue weighted by atomic mass is 31.3. The average Bonchev–Trinajstić information content (AvgIpc) is 3.12. The molecule has 2 aromatic heterocycles. The Labute approximate surface area is 200 Å². The summed E-state index contributed by atoms with van der Waals surface area (Å²) >= 11 is 0. The van der Waals surface area contributed by atoms with Crippen LogP contribution in [0.5, 0.6) is 0 Å². The fourth-order valence-electron chi connectivity index (χ4n) is 2.67. The predicted octanol–water partition coefficient (Wildman–Crippen LogP) is -3.36. The van der Waals surface area contributed by atoms with E-state index < -0.39 is 60.2 Å². The summed E-state index contributed by atoms with van der Waals surface area (Å²) in [5, 5.41) is 20.3. The Morgan fingerprint density at radius 3 is 2.19 bits per heavy atom. The second kappa shape index (κ2) is 12.7. The number of phosphoric ester groups is 1. The fraction of sp³-hybridized carbons (Fsp3) is 0.500. The first-order valence-corrected chi connectivity index (χ1v) is 12.4. The third-order valence-electron chi connectivity index (χ3n) is 3.86. The lowest BCUT2D eigenvalue weighted by atomic mass is 10.1. The zero-order chi connectivity index (χ0) is 24.1. The van der Waals surface area contributed by atoms with Gasteiger partial charge in [-0.1, -0.05) is 0 Å². The zero-order valence-electron chi connectivity index (χ0n) is 19.1. The number of aliphatic hydroxyl groups excluding tert-OH is 2. The van der Waals surface area contributed by atoms with Crippen molar-refractivity contribution >= 4 is 40.6 Å². The number of fused-ring (bicyclic) bond motifs is 1. The Balaban J connectivity index is 0. The smallest absolute Gasteiger partial charge is 0.280 e. The number of nitrogens with two attached hydrogens (primary N) is 1. The van der Waals surface area contributed by atoms with Crippen LogP contribution in [0.3, 0.4) is 0 Å². The Morgan fingerprint density at radius 2 is 1.64 bits per heavy atom. The molecule has 3 heterocycles. The van der Waals surface area contributed by atoms with Crippen LogP contribution in [0.1, 0.15) is 6.23 Å². The van der Waals surface area contributed by atoms with Gasteiger partial charge in [0.05, 0.1) is 20.8 Å². The van der Waals surface area contributed by atoms with E-state index in [1.54, 1.807) is 0 Å². The number of rotatable bonds is 8. The summed E-state index contributed by atoms with van der Waals surface area (Å²) in [5.74, 6) is -0.299. The largest absolute Gasteiger partial charge is 0.790 e. The maximum Gasteiger partial charge on any atom is 0.280 e. The molecule has 21 N–H and O–H groups in total. The number of nitrogen functional groups attached to an aromatic ring is 1. The Hall–Kier alpha value is -1.72. The van der Waals surface area contributed by atoms with Gasteiger partial charge in [-0.3, -0.25) is 27.8 Å². The number of H-pyrrole nitrogens is 1. The van der Waals surface area contributed by atoms with E-state index in [0.717, 1.165) is 10.9 Å². The lowest BCUT2D eigenvalue weighted by Gasteiger charge is -2.37. The number of hydrogen-bond acceptors (Lipinski definition) is 17. The molecule has 3 unspecified atom stereocenters. The van der Waals surface area contributed by atoms with E-state index in [-0.39, 0.29) is 41.7 Å². The van der Waals surface area contributed by atoms with Crippen LogP contribution < -0.4 is 55.5 Å². The molecule has 6 atom stereocenters. The molecule has 36 heavy (non-hydrogen) atoms. The normalized spacial score (nSPS) is 24.8. The molecule has 26 heteroatoms. The molecule has 0 bridgehead atoms. The first-order valence-electron chi connectivity index (χ1n) is 8.04. The molecular formula is C10H28N9O14P3. The summed E-state index contributed by atoms with van der Waals surface area (Å²) in [6.07, 6.45) is -5.61. The number of hydrogen-bond donors (Lipinski definition) is 8. The lowest BCUT2D eigenvalue weighted by molar-refractivity contribution is -0.339. The highest BCUT2D eigenvalue weighted by molar-refractivity contribution is 7.64. The molecular weight excluding hydrogens is 568 g/mol. The van der Waals surface area contributed by atoms with Gasteiger partial charge in [0, 0.05) is 0 Å². The number of aliphatic hydroxyl groups is 2. The monoisotopic (exact) mass is 596 g/mol. The molecule has 1 aliphatic rings. The minimum absolute atomic E-state index is 0. The van der Waals surface area contributed by atoms with E-state index in [4.69, 9.17) is 10.5 Å². The van der Waals surface area contributed by atoms with Gasteiger partial charge in [-0.15, -0.1) is 0 Å². The van der Waals surface area contributed by atoms with Crippen LogP contribution in [0.4, 0.5) is 5.95 Å². The summed E-state index contributed by atoms with van der Waals surface area (Å²) < 4.78 is 50.0. The second-order valence-corrected chi connectivity index (χ2v) is 10.4. The van der Waals surface area contributed by atoms with Crippen molar-refractivity contribution in [3.05, 3.63) is 16.7 Å². The Morgan fingerprint density at radius 1 is 1.06 bits per heavy atom. The van der Waals surface area contributed by atoms with E-state index in [2.05, 4.69) is 28.1 Å². The van der Waals surface area contributed by atoms with E-state index in [0.29, 0.717) is 0 Å². The molecule has 1 fully saturated rings. The van der Waals surface area contributed by atoms with Gasteiger partial charge in [-0.2, -0.15) is 4.98 Å². The van der Waals surface area contributed by atoms with Gasteiger partial charge in [0.1, 0.15) is 18.3 Å². The van der Waals surface area contributed by atoms with Gasteiger partial charge in [0.2, 0.25) is 5.95 Å². The molecule has 0 spiro atoms. The van der Waals surface area contributed by atoms with Crippen LogP contribution in [0.25, 0.3) is 11.2 Å². The van der Waals surface area contributed by atoms with Crippen LogP contribution in [-0.2, 0) is 31.6 Å². The molecule has 23 nitrogen and oxygen atoms in total. The summed E-state index contributed by atoms with van der Waals surface area (Å²) in [5.41, 5.74) is 4.40. The number of nitrogens with one attached hydrogen (secondary N) is 1. The van der Waals surface area contributed by atoms with Crippen LogP contribution in [0.2, 0.25) is 0 Å². The quantitative estimate of drug-likeness (QED) is 0.109. The van der Waals surface area contributed by atoms with Crippen LogP contribution in [0, 0.1) is 0 Å². The van der Waals surface area contributed by atoms with Crippen LogP contribution >= 0.6 is 23.5 Å². The van der Waals surface area contributed by atoms with Crippen molar-refractivity contribution in [1.82, 2.24) is 44.1 Å². The molecule has 0 amide bonds. The maximum absolute atomic E-state index is 11.8. The third-order valence-corrected chi connectivity index (χ3v) is 7.52.